The van der Waals surface area contributed by atoms with Crippen LogP contribution in [0.15, 0.2) is 114 Å². The zero-order chi connectivity index (χ0) is 25.5. The number of carbonyl (C=O) groups excluding carboxylic acids is 1. The number of nitrogens with zero attached hydrogens (tertiary/aromatic N) is 1. The highest BCUT2D eigenvalue weighted by atomic mass is 32.2. The third-order valence-corrected chi connectivity index (χ3v) is 7.89. The number of hydrogen-bond donors (Lipinski definition) is 1. The number of amides is 1. The fraction of sp³-hybridized carbons (Fsp3) is 0.167. The molecule has 184 valence electrons. The monoisotopic (exact) mass is 498 g/mol. The Labute approximate surface area is 213 Å². The molecule has 0 bridgehead atoms. The highest BCUT2D eigenvalue weighted by Crippen LogP contribution is 2.26. The summed E-state index contributed by atoms with van der Waals surface area (Å²) in [6, 6.07) is 32.7. The van der Waals surface area contributed by atoms with E-state index < -0.39 is 22.0 Å². The maximum atomic E-state index is 13.6. The van der Waals surface area contributed by atoms with Gasteiger partial charge in [0.2, 0.25) is 5.91 Å². The highest BCUT2D eigenvalue weighted by molar-refractivity contribution is 7.92. The average molecular weight is 499 g/mol. The van der Waals surface area contributed by atoms with Gasteiger partial charge in [-0.15, -0.1) is 0 Å². The fourth-order valence-electron chi connectivity index (χ4n) is 4.03. The molecule has 0 radical (unpaired) electrons. The van der Waals surface area contributed by atoms with Gasteiger partial charge in [0.05, 0.1) is 16.6 Å². The molecule has 0 spiro atoms. The lowest BCUT2D eigenvalue weighted by molar-refractivity contribution is -0.120. The molecule has 0 aliphatic heterocycles. The fourth-order valence-corrected chi connectivity index (χ4v) is 5.48. The zero-order valence-corrected chi connectivity index (χ0v) is 21.3. The molecule has 1 unspecified atom stereocenters. The van der Waals surface area contributed by atoms with E-state index in [0.29, 0.717) is 5.69 Å². The van der Waals surface area contributed by atoms with Crippen molar-refractivity contribution in [2.45, 2.75) is 31.2 Å². The molecule has 0 fully saturated rings. The van der Waals surface area contributed by atoms with Crippen LogP contribution in [0.5, 0.6) is 0 Å². The Hall–Kier alpha value is -3.90. The van der Waals surface area contributed by atoms with Gasteiger partial charge in [0.15, 0.2) is 0 Å². The zero-order valence-electron chi connectivity index (χ0n) is 20.5. The number of aryl methyl sites for hydroxylation is 2. The lowest BCUT2D eigenvalue weighted by Gasteiger charge is -2.26. The predicted octanol–water partition coefficient (Wildman–Crippen LogP) is 5.66. The molecule has 6 heteroatoms. The molecule has 0 aromatic heterocycles. The molecule has 4 aromatic rings. The van der Waals surface area contributed by atoms with Gasteiger partial charge >= 0.3 is 0 Å². The van der Waals surface area contributed by atoms with Crippen LogP contribution in [0.2, 0.25) is 0 Å². The first-order valence-corrected chi connectivity index (χ1v) is 13.4. The first-order chi connectivity index (χ1) is 17.4. The molecule has 1 N–H and O–H groups in total. The van der Waals surface area contributed by atoms with Crippen LogP contribution in [0.1, 0.15) is 35.2 Å². The molecule has 5 nitrogen and oxygen atoms in total. The molecule has 4 aromatic carbocycles. The van der Waals surface area contributed by atoms with Gasteiger partial charge in [-0.3, -0.25) is 9.10 Å². The van der Waals surface area contributed by atoms with Crippen LogP contribution in [-0.4, -0.2) is 20.9 Å². The Morgan fingerprint density at radius 1 is 0.778 bits per heavy atom. The SMILES string of the molecule is CCc1ccc(N(CC(=O)NC(c2ccccc2)c2ccc(C)cc2)S(=O)(=O)c2ccccc2)cc1. The Bertz CT molecular complexity index is 1390. The summed E-state index contributed by atoms with van der Waals surface area (Å²) >= 11 is 0. The third kappa shape index (κ3) is 5.83. The molecule has 0 saturated carbocycles. The third-order valence-electron chi connectivity index (χ3n) is 6.10. The van der Waals surface area contributed by atoms with Crippen molar-refractivity contribution in [1.82, 2.24) is 5.32 Å². The summed E-state index contributed by atoms with van der Waals surface area (Å²) in [5, 5.41) is 3.07. The van der Waals surface area contributed by atoms with E-state index in [0.717, 1.165) is 28.7 Å². The van der Waals surface area contributed by atoms with Crippen molar-refractivity contribution in [2.75, 3.05) is 10.8 Å². The maximum absolute atomic E-state index is 13.6. The molecule has 36 heavy (non-hydrogen) atoms. The van der Waals surface area contributed by atoms with E-state index in [9.17, 15) is 13.2 Å². The minimum absolute atomic E-state index is 0.135. The van der Waals surface area contributed by atoms with Gasteiger partial charge in [0.1, 0.15) is 6.54 Å². The first kappa shape index (κ1) is 25.2. The van der Waals surface area contributed by atoms with Crippen LogP contribution in [0.3, 0.4) is 0 Å². The summed E-state index contributed by atoms with van der Waals surface area (Å²) in [4.78, 5) is 13.6. The van der Waals surface area contributed by atoms with Gasteiger partial charge in [-0.1, -0.05) is 97.4 Å². The van der Waals surface area contributed by atoms with Crippen molar-refractivity contribution >= 4 is 21.6 Å². The van der Waals surface area contributed by atoms with Crippen LogP contribution < -0.4 is 9.62 Å². The van der Waals surface area contributed by atoms with Crippen LogP contribution in [0, 0.1) is 6.92 Å². The van der Waals surface area contributed by atoms with Crippen molar-refractivity contribution in [3.63, 3.8) is 0 Å². The molecule has 1 amide bonds. The Kier molecular flexibility index (Phi) is 7.86. The van der Waals surface area contributed by atoms with Gasteiger partial charge in [0, 0.05) is 0 Å². The number of hydrogen-bond acceptors (Lipinski definition) is 3. The lowest BCUT2D eigenvalue weighted by atomic mass is 9.98. The minimum Gasteiger partial charge on any atom is -0.344 e. The van der Waals surface area contributed by atoms with Crippen molar-refractivity contribution in [2.24, 2.45) is 0 Å². The van der Waals surface area contributed by atoms with E-state index in [4.69, 9.17) is 0 Å². The Morgan fingerprint density at radius 3 is 1.92 bits per heavy atom. The van der Waals surface area contributed by atoms with Crippen LogP contribution in [0.4, 0.5) is 5.69 Å². The summed E-state index contributed by atoms with van der Waals surface area (Å²) in [6.07, 6.45) is 0.835. The largest absolute Gasteiger partial charge is 0.344 e. The van der Waals surface area contributed by atoms with Crippen molar-refractivity contribution in [1.29, 1.82) is 0 Å². The van der Waals surface area contributed by atoms with Gasteiger partial charge in [-0.25, -0.2) is 8.42 Å². The van der Waals surface area contributed by atoms with Crippen LogP contribution in [0.25, 0.3) is 0 Å². The smallest absolute Gasteiger partial charge is 0.264 e. The van der Waals surface area contributed by atoms with Gasteiger partial charge in [-0.05, 0) is 54.3 Å². The maximum Gasteiger partial charge on any atom is 0.264 e. The molecule has 0 saturated heterocycles. The number of nitrogens with one attached hydrogen (secondary N) is 1. The number of carbonyl (C=O) groups is 1. The van der Waals surface area contributed by atoms with Crippen LogP contribution in [-0.2, 0) is 21.2 Å². The molecular formula is C30H30N2O3S. The average Bonchev–Trinajstić information content (AvgIpc) is 2.92. The molecular weight excluding hydrogens is 468 g/mol. The highest BCUT2D eigenvalue weighted by Gasteiger charge is 2.28. The van der Waals surface area contributed by atoms with Gasteiger partial charge < -0.3 is 5.32 Å². The summed E-state index contributed by atoms with van der Waals surface area (Å²) in [6.45, 7) is 3.70. The lowest BCUT2D eigenvalue weighted by Crippen LogP contribution is -2.42. The molecule has 4 rings (SSSR count). The van der Waals surface area contributed by atoms with E-state index in [2.05, 4.69) is 5.32 Å². The van der Waals surface area contributed by atoms with E-state index in [1.807, 2.05) is 80.6 Å². The quantitative estimate of drug-likeness (QED) is 0.324. The number of anilines is 1. The minimum atomic E-state index is -3.97. The second-order valence-corrected chi connectivity index (χ2v) is 10.5. The van der Waals surface area contributed by atoms with Crippen molar-refractivity contribution in [3.8, 4) is 0 Å². The van der Waals surface area contributed by atoms with E-state index in [1.165, 1.54) is 4.31 Å². The summed E-state index contributed by atoms with van der Waals surface area (Å²) in [5.74, 6) is -0.400. The predicted molar refractivity (Wildman–Crippen MR) is 144 cm³/mol. The number of rotatable bonds is 9. The standard InChI is InChI=1S/C30H30N2O3S/c1-3-24-16-20-27(21-17-24)32(36(34,35)28-12-8-5-9-13-28)22-29(33)31-30(25-10-6-4-7-11-25)26-18-14-23(2)15-19-26/h4-21,30H,3,22H2,1-2H3,(H,31,33). The number of benzene rings is 4. The second kappa shape index (κ2) is 11.2. The Morgan fingerprint density at radius 2 is 1.33 bits per heavy atom. The van der Waals surface area contributed by atoms with Gasteiger partial charge in [-0.2, -0.15) is 0 Å². The molecule has 0 aliphatic carbocycles. The van der Waals surface area contributed by atoms with Crippen molar-refractivity contribution < 1.29 is 13.2 Å². The molecule has 1 atom stereocenters. The van der Waals surface area contributed by atoms with E-state index in [-0.39, 0.29) is 11.4 Å². The summed E-state index contributed by atoms with van der Waals surface area (Å²) in [5.41, 5.74) is 4.48. The van der Waals surface area contributed by atoms with Gasteiger partial charge in [0.25, 0.3) is 10.0 Å². The van der Waals surface area contributed by atoms with E-state index >= 15 is 0 Å². The molecule has 0 heterocycles. The number of sulfonamides is 1. The normalized spacial score (nSPS) is 12.1. The first-order valence-electron chi connectivity index (χ1n) is 12.0. The summed E-state index contributed by atoms with van der Waals surface area (Å²) in [7, 11) is -3.97. The van der Waals surface area contributed by atoms with Crippen molar-refractivity contribution in [3.05, 3.63) is 131 Å². The van der Waals surface area contributed by atoms with E-state index in [1.54, 1.807) is 42.5 Å². The Balaban J connectivity index is 1.67. The van der Waals surface area contributed by atoms with Crippen LogP contribution >= 0.6 is 0 Å². The summed E-state index contributed by atoms with van der Waals surface area (Å²) < 4.78 is 28.4. The second-order valence-electron chi connectivity index (χ2n) is 8.67. The molecule has 0 aliphatic rings. The topological polar surface area (TPSA) is 66.5 Å².